The van der Waals surface area contributed by atoms with Crippen molar-refractivity contribution >= 4 is 29.3 Å². The monoisotopic (exact) mass is 368 g/mol. The van der Waals surface area contributed by atoms with Gasteiger partial charge in [-0.3, -0.25) is 0 Å². The van der Waals surface area contributed by atoms with E-state index in [1.807, 2.05) is 30.3 Å². The summed E-state index contributed by atoms with van der Waals surface area (Å²) in [6, 6.07) is 9.73. The zero-order valence-electron chi connectivity index (χ0n) is 14.3. The van der Waals surface area contributed by atoms with E-state index in [2.05, 4.69) is 35.0 Å². The van der Waals surface area contributed by atoms with E-state index >= 15 is 0 Å². The van der Waals surface area contributed by atoms with E-state index in [4.69, 9.17) is 5.73 Å². The number of fused-ring (bicyclic) bond motifs is 1. The molecule has 9 heteroatoms. The Morgan fingerprint density at radius 1 is 1.04 bits per heavy atom. The molecular weight excluding hydrogens is 348 g/mol. The normalized spacial score (nSPS) is 13.8. The lowest BCUT2D eigenvalue weighted by Gasteiger charge is -2.08. The molecule has 8 nitrogen and oxygen atoms in total. The minimum absolute atomic E-state index is 0.203. The first kappa shape index (κ1) is 16.8. The second kappa shape index (κ2) is 7.69. The van der Waals surface area contributed by atoms with Crippen LogP contribution in [-0.2, 0) is 18.7 Å². The van der Waals surface area contributed by atoms with E-state index in [0.717, 1.165) is 29.6 Å². The molecule has 0 fully saturated rings. The number of nitrogen functional groups attached to an aromatic ring is 1. The molecule has 134 valence electrons. The zero-order chi connectivity index (χ0) is 17.8. The van der Waals surface area contributed by atoms with Gasteiger partial charge in [0.2, 0.25) is 11.9 Å². The number of para-hydroxylation sites is 1. The lowest BCUT2D eigenvalue weighted by molar-refractivity contribution is 0.591. The van der Waals surface area contributed by atoms with E-state index in [0.29, 0.717) is 17.5 Å². The van der Waals surface area contributed by atoms with Gasteiger partial charge in [0.05, 0.1) is 5.75 Å². The molecule has 0 spiro atoms. The molecule has 0 radical (unpaired) electrons. The van der Waals surface area contributed by atoms with Crippen molar-refractivity contribution in [3.63, 3.8) is 0 Å². The largest absolute Gasteiger partial charge is 0.368 e. The van der Waals surface area contributed by atoms with E-state index in [-0.39, 0.29) is 5.95 Å². The maximum atomic E-state index is 5.85. The Labute approximate surface area is 155 Å². The molecule has 4 rings (SSSR count). The van der Waals surface area contributed by atoms with Gasteiger partial charge in [-0.05, 0) is 25.0 Å². The molecule has 1 aliphatic heterocycles. The Bertz CT molecular complexity index is 880. The summed E-state index contributed by atoms with van der Waals surface area (Å²) in [6.07, 6.45) is 4.59. The van der Waals surface area contributed by atoms with Gasteiger partial charge in [-0.15, -0.1) is 10.2 Å². The van der Waals surface area contributed by atoms with Crippen LogP contribution in [0.5, 0.6) is 0 Å². The second-order valence-corrected chi connectivity index (χ2v) is 7.02. The second-order valence-electron chi connectivity index (χ2n) is 6.07. The fourth-order valence-electron chi connectivity index (χ4n) is 2.90. The average Bonchev–Trinajstić information content (AvgIpc) is 2.87. The van der Waals surface area contributed by atoms with Gasteiger partial charge in [0, 0.05) is 18.7 Å². The van der Waals surface area contributed by atoms with Gasteiger partial charge in [0.15, 0.2) is 5.16 Å². The molecule has 0 saturated heterocycles. The number of nitrogens with two attached hydrogens (primary N) is 1. The number of nitrogens with one attached hydrogen (secondary N) is 1. The number of nitrogens with zero attached hydrogens (tertiary/aromatic N) is 6. The molecule has 0 atom stereocenters. The van der Waals surface area contributed by atoms with E-state index < -0.39 is 0 Å². The van der Waals surface area contributed by atoms with E-state index in [9.17, 15) is 0 Å². The van der Waals surface area contributed by atoms with Crippen molar-refractivity contribution in [2.24, 2.45) is 0 Å². The van der Waals surface area contributed by atoms with Crippen LogP contribution in [-0.4, -0.2) is 29.7 Å². The van der Waals surface area contributed by atoms with Gasteiger partial charge >= 0.3 is 0 Å². The predicted octanol–water partition coefficient (Wildman–Crippen LogP) is 2.81. The van der Waals surface area contributed by atoms with Crippen molar-refractivity contribution in [2.45, 2.75) is 43.1 Å². The van der Waals surface area contributed by atoms with Crippen molar-refractivity contribution in [1.82, 2.24) is 29.7 Å². The summed E-state index contributed by atoms with van der Waals surface area (Å²) in [7, 11) is 0. The minimum Gasteiger partial charge on any atom is -0.368 e. The highest BCUT2D eigenvalue weighted by molar-refractivity contribution is 7.98. The number of rotatable bonds is 5. The zero-order valence-corrected chi connectivity index (χ0v) is 15.1. The molecule has 1 aromatic carbocycles. The Morgan fingerprint density at radius 3 is 2.81 bits per heavy atom. The number of hydrogen-bond donors (Lipinski definition) is 2. The number of hydrogen-bond acceptors (Lipinski definition) is 8. The third-order valence-corrected chi connectivity index (χ3v) is 5.10. The molecule has 0 saturated carbocycles. The Kier molecular flexibility index (Phi) is 4.96. The topological polar surface area (TPSA) is 107 Å². The van der Waals surface area contributed by atoms with Crippen LogP contribution < -0.4 is 11.1 Å². The molecule has 1 aliphatic rings. The summed E-state index contributed by atoms with van der Waals surface area (Å²) >= 11 is 1.58. The summed E-state index contributed by atoms with van der Waals surface area (Å²) in [4.78, 5) is 12.9. The number of aromatic nitrogens is 6. The van der Waals surface area contributed by atoms with Crippen molar-refractivity contribution in [3.8, 4) is 0 Å². The van der Waals surface area contributed by atoms with Crippen LogP contribution in [0, 0.1) is 0 Å². The first-order valence-corrected chi connectivity index (χ1v) is 9.64. The summed E-state index contributed by atoms with van der Waals surface area (Å²) < 4.78 is 2.21. The number of benzene rings is 1. The molecule has 3 N–H and O–H groups in total. The van der Waals surface area contributed by atoms with Gasteiger partial charge in [0.1, 0.15) is 11.6 Å². The van der Waals surface area contributed by atoms with Crippen LogP contribution in [0.15, 0.2) is 35.5 Å². The smallest absolute Gasteiger partial charge is 0.232 e. The Balaban J connectivity index is 1.48. The number of thioether (sulfide) groups is 1. The number of anilines is 3. The lowest BCUT2D eigenvalue weighted by Crippen LogP contribution is -2.07. The summed E-state index contributed by atoms with van der Waals surface area (Å²) in [5.74, 6) is 2.90. The highest BCUT2D eigenvalue weighted by Gasteiger charge is 2.16. The molecule has 26 heavy (non-hydrogen) atoms. The van der Waals surface area contributed by atoms with Crippen molar-refractivity contribution < 1.29 is 0 Å². The molecule has 3 aromatic rings. The Hall–Kier alpha value is -2.68. The molecule has 2 aromatic heterocycles. The van der Waals surface area contributed by atoms with Gasteiger partial charge in [0.25, 0.3) is 0 Å². The van der Waals surface area contributed by atoms with Crippen molar-refractivity contribution in [3.05, 3.63) is 42.0 Å². The highest BCUT2D eigenvalue weighted by atomic mass is 32.2. The molecule has 0 unspecified atom stereocenters. The van der Waals surface area contributed by atoms with Crippen LogP contribution in [0.2, 0.25) is 0 Å². The first-order chi connectivity index (χ1) is 12.8. The quantitative estimate of drug-likeness (QED) is 0.662. The predicted molar refractivity (Wildman–Crippen MR) is 101 cm³/mol. The molecule has 0 bridgehead atoms. The van der Waals surface area contributed by atoms with Crippen LogP contribution in [0.1, 0.15) is 30.9 Å². The van der Waals surface area contributed by atoms with Gasteiger partial charge < -0.3 is 15.6 Å². The average molecular weight is 368 g/mol. The molecule has 0 amide bonds. The van der Waals surface area contributed by atoms with Crippen molar-refractivity contribution in [1.29, 1.82) is 0 Å². The van der Waals surface area contributed by atoms with Crippen LogP contribution >= 0.6 is 11.8 Å². The van der Waals surface area contributed by atoms with Crippen molar-refractivity contribution in [2.75, 3.05) is 11.1 Å². The molecular formula is C17H20N8S. The minimum atomic E-state index is 0.203. The lowest BCUT2D eigenvalue weighted by atomic mass is 10.2. The first-order valence-electron chi connectivity index (χ1n) is 8.65. The fourth-order valence-corrected chi connectivity index (χ4v) is 3.74. The third-order valence-electron chi connectivity index (χ3n) is 4.13. The maximum Gasteiger partial charge on any atom is 0.232 e. The number of aryl methyl sites for hydroxylation is 1. The highest BCUT2D eigenvalue weighted by Crippen LogP contribution is 2.24. The summed E-state index contributed by atoms with van der Waals surface area (Å²) in [5.41, 5.74) is 6.75. The SMILES string of the molecule is Nc1nc(CSc2nnc3n2CCCCC3)nc(Nc2ccccc2)n1. The van der Waals surface area contributed by atoms with Gasteiger partial charge in [-0.1, -0.05) is 36.4 Å². The summed E-state index contributed by atoms with van der Waals surface area (Å²) in [5, 5.41) is 12.7. The third kappa shape index (κ3) is 3.93. The standard InChI is InChI=1S/C17H20N8S/c18-15-20-13(21-16(22-15)19-12-7-3-1-4-8-12)11-26-17-24-23-14-9-5-2-6-10-25(14)17/h1,3-4,7-8H,2,5-6,9-11H2,(H3,18,19,20,21,22). The van der Waals surface area contributed by atoms with Gasteiger partial charge in [-0.2, -0.15) is 15.0 Å². The van der Waals surface area contributed by atoms with Crippen LogP contribution in [0.3, 0.4) is 0 Å². The van der Waals surface area contributed by atoms with E-state index in [1.165, 1.54) is 19.3 Å². The molecule has 0 aliphatic carbocycles. The van der Waals surface area contributed by atoms with Gasteiger partial charge in [-0.25, -0.2) is 0 Å². The molecule has 3 heterocycles. The maximum absolute atomic E-state index is 5.85. The Morgan fingerprint density at radius 2 is 1.92 bits per heavy atom. The van der Waals surface area contributed by atoms with Crippen LogP contribution in [0.4, 0.5) is 17.6 Å². The fraction of sp³-hybridized carbons (Fsp3) is 0.353. The summed E-state index contributed by atoms with van der Waals surface area (Å²) in [6.45, 7) is 0.977. The van der Waals surface area contributed by atoms with Crippen LogP contribution in [0.25, 0.3) is 0 Å². The van der Waals surface area contributed by atoms with E-state index in [1.54, 1.807) is 11.8 Å².